The molecule has 112 valence electrons. The molecule has 20 heavy (non-hydrogen) atoms. The number of rotatable bonds is 2. The van der Waals surface area contributed by atoms with Crippen molar-refractivity contribution in [2.24, 2.45) is 11.6 Å². The summed E-state index contributed by atoms with van der Waals surface area (Å²) in [7, 11) is 1.70. The lowest BCUT2D eigenvalue weighted by molar-refractivity contribution is 0.00593. The summed E-state index contributed by atoms with van der Waals surface area (Å²) in [6.07, 6.45) is 4.56. The molecule has 0 bridgehead atoms. The number of benzene rings is 1. The molecule has 0 spiro atoms. The van der Waals surface area contributed by atoms with Crippen molar-refractivity contribution in [3.05, 3.63) is 47.8 Å². The van der Waals surface area contributed by atoms with Crippen LogP contribution in [0.15, 0.2) is 36.7 Å². The van der Waals surface area contributed by atoms with Gasteiger partial charge in [0.2, 0.25) is 0 Å². The second kappa shape index (κ2) is 7.89. The van der Waals surface area contributed by atoms with Gasteiger partial charge in [-0.15, -0.1) is 0 Å². The molecule has 0 unspecified atom stereocenters. The Morgan fingerprint density at radius 3 is 2.20 bits per heavy atom. The van der Waals surface area contributed by atoms with Crippen LogP contribution in [0.4, 0.5) is 0 Å². The van der Waals surface area contributed by atoms with Crippen LogP contribution in [0.25, 0.3) is 0 Å². The van der Waals surface area contributed by atoms with E-state index in [4.69, 9.17) is 11.6 Å². The van der Waals surface area contributed by atoms with Gasteiger partial charge >= 0.3 is 0 Å². The molecule has 1 aliphatic rings. The minimum Gasteiger partial charge on any atom is -0.403 e. The predicted molar refractivity (Wildman–Crippen MR) is 82.5 cm³/mol. The summed E-state index contributed by atoms with van der Waals surface area (Å²) >= 11 is 0. The summed E-state index contributed by atoms with van der Waals surface area (Å²) in [4.78, 5) is 0. The number of hydrogen-bond acceptors (Lipinski definition) is 5. The third-order valence-corrected chi connectivity index (χ3v) is 3.34. The Kier molecular flexibility index (Phi) is 6.51. The van der Waals surface area contributed by atoms with Gasteiger partial charge in [-0.1, -0.05) is 29.8 Å². The number of nitrogens with zero attached hydrogens (tertiary/aromatic N) is 1. The van der Waals surface area contributed by atoms with Crippen molar-refractivity contribution in [2.45, 2.75) is 25.4 Å². The molecule has 1 aromatic rings. The van der Waals surface area contributed by atoms with Gasteiger partial charge < -0.3 is 21.2 Å². The van der Waals surface area contributed by atoms with E-state index in [0.717, 1.165) is 31.5 Å². The minimum absolute atomic E-state index is 0.598. The average Bonchev–Trinajstić information content (AvgIpc) is 2.40. The highest BCUT2D eigenvalue weighted by Gasteiger charge is 2.30. The van der Waals surface area contributed by atoms with Gasteiger partial charge in [0.25, 0.3) is 0 Å². The third kappa shape index (κ3) is 5.21. The number of hydrogen-bond donors (Lipinski definition) is 4. The van der Waals surface area contributed by atoms with Crippen molar-refractivity contribution >= 4 is 0 Å². The number of hydrazine groups is 1. The normalized spacial score (nSPS) is 17.4. The van der Waals surface area contributed by atoms with Gasteiger partial charge in [0.1, 0.15) is 0 Å². The largest absolute Gasteiger partial charge is 0.403 e. The smallest absolute Gasteiger partial charge is 0.0920 e. The van der Waals surface area contributed by atoms with Crippen LogP contribution in [-0.4, -0.2) is 30.3 Å². The number of nitrogens with one attached hydrogen (secondary N) is 1. The van der Waals surface area contributed by atoms with Crippen LogP contribution in [0, 0.1) is 6.92 Å². The van der Waals surface area contributed by atoms with Crippen LogP contribution in [-0.2, 0) is 5.60 Å². The lowest BCUT2D eigenvalue weighted by atomic mass is 9.85. The van der Waals surface area contributed by atoms with Crippen molar-refractivity contribution in [1.82, 2.24) is 10.3 Å². The van der Waals surface area contributed by atoms with Gasteiger partial charge in [0.05, 0.1) is 5.60 Å². The Hall–Kier alpha value is -1.56. The molecule has 0 saturated carbocycles. The minimum atomic E-state index is -0.598. The van der Waals surface area contributed by atoms with Gasteiger partial charge in [0.15, 0.2) is 0 Å². The molecule has 1 fully saturated rings. The number of nitrogens with two attached hydrogens (primary N) is 2. The van der Waals surface area contributed by atoms with Gasteiger partial charge in [-0.25, -0.2) is 5.84 Å². The van der Waals surface area contributed by atoms with E-state index in [1.165, 1.54) is 16.8 Å². The zero-order chi connectivity index (χ0) is 15.0. The molecule has 1 aliphatic heterocycles. The Bertz CT molecular complexity index is 408. The second-order valence-corrected chi connectivity index (χ2v) is 5.15. The summed E-state index contributed by atoms with van der Waals surface area (Å²) in [5.74, 6) is 5.07. The first-order valence-corrected chi connectivity index (χ1v) is 6.84. The van der Waals surface area contributed by atoms with E-state index in [9.17, 15) is 5.11 Å². The molecule has 6 N–H and O–H groups in total. The van der Waals surface area contributed by atoms with E-state index in [2.05, 4.69) is 24.4 Å². The predicted octanol–water partition coefficient (Wildman–Crippen LogP) is 0.788. The molecule has 0 amide bonds. The number of aliphatic hydroxyl groups is 1. The number of aryl methyl sites for hydroxylation is 1. The van der Waals surface area contributed by atoms with E-state index in [0.29, 0.717) is 0 Å². The first kappa shape index (κ1) is 16.5. The molecular formula is C15H26N4O. The maximum Gasteiger partial charge on any atom is 0.0920 e. The Labute approximate surface area is 121 Å². The fourth-order valence-corrected chi connectivity index (χ4v) is 2.13. The quantitative estimate of drug-likeness (QED) is 0.474. The van der Waals surface area contributed by atoms with Crippen LogP contribution in [0.3, 0.4) is 0 Å². The van der Waals surface area contributed by atoms with Gasteiger partial charge in [0, 0.05) is 19.4 Å². The highest BCUT2D eigenvalue weighted by molar-refractivity contribution is 5.27. The summed E-state index contributed by atoms with van der Waals surface area (Å²) in [5, 5.41) is 15.0. The van der Waals surface area contributed by atoms with Crippen LogP contribution in [0.1, 0.15) is 24.0 Å². The topological polar surface area (TPSA) is 87.5 Å². The van der Waals surface area contributed by atoms with E-state index < -0.39 is 5.60 Å². The van der Waals surface area contributed by atoms with Gasteiger partial charge in [-0.3, -0.25) is 0 Å². The van der Waals surface area contributed by atoms with Crippen LogP contribution in [0.5, 0.6) is 0 Å². The van der Waals surface area contributed by atoms with Crippen molar-refractivity contribution in [2.75, 3.05) is 20.1 Å². The third-order valence-electron chi connectivity index (χ3n) is 3.34. The fraction of sp³-hybridized carbons (Fsp3) is 0.467. The van der Waals surface area contributed by atoms with Crippen molar-refractivity contribution < 1.29 is 5.11 Å². The van der Waals surface area contributed by atoms with E-state index in [-0.39, 0.29) is 0 Å². The molecule has 2 rings (SSSR count). The van der Waals surface area contributed by atoms with Crippen LogP contribution < -0.4 is 16.9 Å². The highest BCUT2D eigenvalue weighted by Crippen LogP contribution is 2.30. The molecule has 0 radical (unpaired) electrons. The van der Waals surface area contributed by atoms with E-state index >= 15 is 0 Å². The van der Waals surface area contributed by atoms with Crippen LogP contribution >= 0.6 is 0 Å². The summed E-state index contributed by atoms with van der Waals surface area (Å²) in [6.45, 7) is 3.88. The maximum absolute atomic E-state index is 10.4. The molecule has 1 heterocycles. The fourth-order valence-electron chi connectivity index (χ4n) is 2.13. The van der Waals surface area contributed by atoms with E-state index in [1.807, 2.05) is 12.1 Å². The van der Waals surface area contributed by atoms with Gasteiger partial charge in [-0.05, 0) is 38.4 Å². The van der Waals surface area contributed by atoms with Crippen molar-refractivity contribution in [1.29, 1.82) is 0 Å². The Balaban J connectivity index is 0.000000286. The van der Waals surface area contributed by atoms with Crippen molar-refractivity contribution in [3.8, 4) is 0 Å². The monoisotopic (exact) mass is 278 g/mol. The van der Waals surface area contributed by atoms with Gasteiger partial charge in [-0.2, -0.15) is 0 Å². The second-order valence-electron chi connectivity index (χ2n) is 5.15. The van der Waals surface area contributed by atoms with Crippen molar-refractivity contribution in [3.63, 3.8) is 0 Å². The molecule has 5 heteroatoms. The molecule has 0 aromatic heterocycles. The summed E-state index contributed by atoms with van der Waals surface area (Å²) in [5.41, 5.74) is 6.63. The molecule has 5 nitrogen and oxygen atoms in total. The Morgan fingerprint density at radius 1 is 1.25 bits per heavy atom. The van der Waals surface area contributed by atoms with E-state index in [1.54, 1.807) is 13.2 Å². The SMILES string of the molecule is CN(N)/C=C\N.Cc1ccc(C2(O)CCNCC2)cc1. The summed E-state index contributed by atoms with van der Waals surface area (Å²) < 4.78 is 0. The molecule has 0 atom stereocenters. The molecule has 1 aromatic carbocycles. The average molecular weight is 278 g/mol. The lowest BCUT2D eigenvalue weighted by Crippen LogP contribution is -2.39. The Morgan fingerprint density at radius 2 is 1.80 bits per heavy atom. The maximum atomic E-state index is 10.4. The first-order chi connectivity index (χ1) is 9.48. The first-order valence-electron chi connectivity index (χ1n) is 6.84. The lowest BCUT2D eigenvalue weighted by Gasteiger charge is -2.33. The standard InChI is InChI=1S/C12H17NO.C3H9N3/c1-10-2-4-11(5-3-10)12(14)6-8-13-9-7-12;1-6(5)3-2-4/h2-5,13-14H,6-9H2,1H3;2-3H,4-5H2,1H3/b;3-2-. The number of piperidine rings is 1. The molecule has 1 saturated heterocycles. The molecular weight excluding hydrogens is 252 g/mol. The van der Waals surface area contributed by atoms with Crippen LogP contribution in [0.2, 0.25) is 0 Å². The highest BCUT2D eigenvalue weighted by atomic mass is 16.3. The zero-order valence-corrected chi connectivity index (χ0v) is 12.3. The zero-order valence-electron chi connectivity index (χ0n) is 12.3. The molecule has 0 aliphatic carbocycles. The summed E-state index contributed by atoms with van der Waals surface area (Å²) in [6, 6.07) is 8.21.